The molecule has 0 bridgehead atoms. The highest BCUT2D eigenvalue weighted by atomic mass is 35.5. The predicted octanol–water partition coefficient (Wildman–Crippen LogP) is 2.96. The Hall–Kier alpha value is -0.280. The third kappa shape index (κ3) is 5.15. The summed E-state index contributed by atoms with van der Waals surface area (Å²) in [7, 11) is 0. The first-order valence-corrected chi connectivity index (χ1v) is 7.12. The van der Waals surface area contributed by atoms with Crippen LogP contribution in [0.15, 0.2) is 0 Å². The van der Waals surface area contributed by atoms with Gasteiger partial charge in [-0.15, -0.1) is 12.4 Å². The number of nitrogens with zero attached hydrogens (tertiary/aromatic N) is 1. The molecule has 0 saturated heterocycles. The van der Waals surface area contributed by atoms with Gasteiger partial charge in [0.05, 0.1) is 6.04 Å². The van der Waals surface area contributed by atoms with Gasteiger partial charge in [0.25, 0.3) is 0 Å². The lowest BCUT2D eigenvalue weighted by molar-refractivity contribution is -0.135. The van der Waals surface area contributed by atoms with Crippen LogP contribution in [0.25, 0.3) is 0 Å². The van der Waals surface area contributed by atoms with Gasteiger partial charge in [-0.2, -0.15) is 0 Å². The molecule has 0 aromatic heterocycles. The summed E-state index contributed by atoms with van der Waals surface area (Å²) < 4.78 is 0. The number of hydrogen-bond donors (Lipinski definition) is 1. The molecule has 1 saturated carbocycles. The number of carbonyl (C=O) groups excluding carboxylic acids is 1. The molecule has 1 atom stereocenters. The van der Waals surface area contributed by atoms with E-state index in [1.165, 1.54) is 19.3 Å². The van der Waals surface area contributed by atoms with E-state index in [4.69, 9.17) is 5.73 Å². The lowest BCUT2D eigenvalue weighted by atomic mass is 9.93. The average molecular weight is 277 g/mol. The zero-order chi connectivity index (χ0) is 12.8. The normalized spacial score (nSPS) is 18.3. The van der Waals surface area contributed by atoms with Crippen LogP contribution in [0.3, 0.4) is 0 Å². The Morgan fingerprint density at radius 3 is 2.28 bits per heavy atom. The number of nitrogens with two attached hydrogens (primary N) is 1. The van der Waals surface area contributed by atoms with Crippen LogP contribution in [-0.4, -0.2) is 29.4 Å². The molecule has 1 aliphatic rings. The first kappa shape index (κ1) is 17.7. The molecule has 1 amide bonds. The molecular formula is C14H29ClN2O. The molecule has 2 N–H and O–H groups in total. The summed E-state index contributed by atoms with van der Waals surface area (Å²) in [5.41, 5.74) is 6.01. The molecule has 1 rings (SSSR count). The van der Waals surface area contributed by atoms with Gasteiger partial charge in [0.2, 0.25) is 5.91 Å². The van der Waals surface area contributed by atoms with Gasteiger partial charge in [0.1, 0.15) is 0 Å². The van der Waals surface area contributed by atoms with Crippen LogP contribution in [-0.2, 0) is 4.79 Å². The lowest BCUT2D eigenvalue weighted by Crippen LogP contribution is -2.49. The Bertz CT molecular complexity index is 240. The van der Waals surface area contributed by atoms with Crippen LogP contribution >= 0.6 is 12.4 Å². The van der Waals surface area contributed by atoms with Gasteiger partial charge >= 0.3 is 0 Å². The highest BCUT2D eigenvalue weighted by Crippen LogP contribution is 2.23. The SMILES string of the molecule is CCN(C(=O)C(N)CC(C)C)C1CCCCC1.Cl. The van der Waals surface area contributed by atoms with E-state index < -0.39 is 0 Å². The first-order chi connectivity index (χ1) is 8.06. The topological polar surface area (TPSA) is 46.3 Å². The fraction of sp³-hybridized carbons (Fsp3) is 0.929. The molecule has 1 fully saturated rings. The van der Waals surface area contributed by atoms with Gasteiger partial charge in [0, 0.05) is 12.6 Å². The number of amides is 1. The molecule has 0 aliphatic heterocycles. The van der Waals surface area contributed by atoms with Crippen molar-refractivity contribution in [3.8, 4) is 0 Å². The maximum absolute atomic E-state index is 12.3. The van der Waals surface area contributed by atoms with Crippen molar-refractivity contribution < 1.29 is 4.79 Å². The fourth-order valence-corrected chi connectivity index (χ4v) is 2.81. The van der Waals surface area contributed by atoms with E-state index in [9.17, 15) is 4.79 Å². The third-order valence-electron chi connectivity index (χ3n) is 3.68. The maximum Gasteiger partial charge on any atom is 0.239 e. The zero-order valence-electron chi connectivity index (χ0n) is 12.0. The van der Waals surface area contributed by atoms with Crippen LogP contribution in [0.5, 0.6) is 0 Å². The Balaban J connectivity index is 0.00000289. The minimum absolute atomic E-state index is 0. The second kappa shape index (κ2) is 8.76. The third-order valence-corrected chi connectivity index (χ3v) is 3.68. The van der Waals surface area contributed by atoms with E-state index >= 15 is 0 Å². The molecule has 4 heteroatoms. The predicted molar refractivity (Wildman–Crippen MR) is 78.9 cm³/mol. The van der Waals surface area contributed by atoms with Gasteiger partial charge in [-0.1, -0.05) is 33.1 Å². The van der Waals surface area contributed by atoms with Gasteiger partial charge in [0.15, 0.2) is 0 Å². The van der Waals surface area contributed by atoms with Crippen molar-refractivity contribution in [2.75, 3.05) is 6.54 Å². The molecule has 1 unspecified atom stereocenters. The van der Waals surface area contributed by atoms with Gasteiger partial charge in [-0.3, -0.25) is 4.79 Å². The largest absolute Gasteiger partial charge is 0.339 e. The van der Waals surface area contributed by atoms with Crippen LogP contribution in [0.1, 0.15) is 59.3 Å². The molecule has 3 nitrogen and oxygen atoms in total. The number of halogens is 1. The van der Waals surface area contributed by atoms with Gasteiger partial charge in [-0.05, 0) is 32.1 Å². The Kier molecular flexibility index (Phi) is 8.62. The summed E-state index contributed by atoms with van der Waals surface area (Å²) in [5, 5.41) is 0. The van der Waals surface area contributed by atoms with E-state index in [1.807, 2.05) is 4.90 Å². The minimum Gasteiger partial charge on any atom is -0.339 e. The summed E-state index contributed by atoms with van der Waals surface area (Å²) in [4.78, 5) is 14.3. The van der Waals surface area contributed by atoms with Crippen LogP contribution < -0.4 is 5.73 Å². The molecule has 18 heavy (non-hydrogen) atoms. The molecule has 0 heterocycles. The Morgan fingerprint density at radius 1 is 1.28 bits per heavy atom. The summed E-state index contributed by atoms with van der Waals surface area (Å²) in [6.45, 7) is 7.10. The van der Waals surface area contributed by atoms with Crippen molar-refractivity contribution >= 4 is 18.3 Å². The summed E-state index contributed by atoms with van der Waals surface area (Å²) in [5.74, 6) is 0.645. The molecule has 108 valence electrons. The second-order valence-corrected chi connectivity index (χ2v) is 5.65. The number of hydrogen-bond acceptors (Lipinski definition) is 2. The Labute approximate surface area is 118 Å². The number of rotatable bonds is 5. The van der Waals surface area contributed by atoms with Crippen LogP contribution in [0.4, 0.5) is 0 Å². The minimum atomic E-state index is -0.308. The molecule has 0 spiro atoms. The van der Waals surface area contributed by atoms with Crippen LogP contribution in [0, 0.1) is 5.92 Å². The summed E-state index contributed by atoms with van der Waals surface area (Å²) >= 11 is 0. The van der Waals surface area contributed by atoms with E-state index in [0.717, 1.165) is 25.8 Å². The lowest BCUT2D eigenvalue weighted by Gasteiger charge is -2.35. The quantitative estimate of drug-likeness (QED) is 0.839. The first-order valence-electron chi connectivity index (χ1n) is 7.12. The van der Waals surface area contributed by atoms with Crippen molar-refractivity contribution in [3.63, 3.8) is 0 Å². The summed E-state index contributed by atoms with van der Waals surface area (Å²) in [6.07, 6.45) is 6.95. The smallest absolute Gasteiger partial charge is 0.239 e. The maximum atomic E-state index is 12.3. The summed E-state index contributed by atoms with van der Waals surface area (Å²) in [6, 6.07) is 0.135. The van der Waals surface area contributed by atoms with Crippen LogP contribution in [0.2, 0.25) is 0 Å². The van der Waals surface area contributed by atoms with E-state index in [-0.39, 0.29) is 24.4 Å². The van der Waals surface area contributed by atoms with Crippen molar-refractivity contribution in [1.29, 1.82) is 0 Å². The van der Waals surface area contributed by atoms with Crippen molar-refractivity contribution in [2.45, 2.75) is 71.4 Å². The number of carbonyl (C=O) groups is 1. The van der Waals surface area contributed by atoms with E-state index in [0.29, 0.717) is 12.0 Å². The van der Waals surface area contributed by atoms with E-state index in [1.54, 1.807) is 0 Å². The van der Waals surface area contributed by atoms with Gasteiger partial charge in [-0.25, -0.2) is 0 Å². The molecule has 0 aromatic carbocycles. The standard InChI is InChI=1S/C14H28N2O.ClH/c1-4-16(12-8-6-5-7-9-12)14(17)13(15)10-11(2)3;/h11-13H,4-10,15H2,1-3H3;1H. The number of likely N-dealkylation sites (N-methyl/N-ethyl adjacent to an activating group) is 1. The fourth-order valence-electron chi connectivity index (χ4n) is 2.81. The highest BCUT2D eigenvalue weighted by molar-refractivity contribution is 5.85. The van der Waals surface area contributed by atoms with Crippen molar-refractivity contribution in [1.82, 2.24) is 4.90 Å². The highest BCUT2D eigenvalue weighted by Gasteiger charge is 2.27. The Morgan fingerprint density at radius 2 is 1.83 bits per heavy atom. The van der Waals surface area contributed by atoms with Crippen molar-refractivity contribution in [3.05, 3.63) is 0 Å². The monoisotopic (exact) mass is 276 g/mol. The van der Waals surface area contributed by atoms with E-state index in [2.05, 4.69) is 20.8 Å². The average Bonchev–Trinajstić information content (AvgIpc) is 2.30. The molecule has 0 radical (unpaired) electrons. The van der Waals surface area contributed by atoms with Gasteiger partial charge < -0.3 is 10.6 Å². The zero-order valence-corrected chi connectivity index (χ0v) is 12.8. The molecule has 0 aromatic rings. The van der Waals surface area contributed by atoms with Crippen molar-refractivity contribution in [2.24, 2.45) is 11.7 Å². The molecular weight excluding hydrogens is 248 g/mol. The second-order valence-electron chi connectivity index (χ2n) is 5.65. The molecule has 1 aliphatic carbocycles.